The van der Waals surface area contributed by atoms with Crippen LogP contribution in [0.3, 0.4) is 0 Å². The summed E-state index contributed by atoms with van der Waals surface area (Å²) in [5.74, 6) is -0.104. The van der Waals surface area contributed by atoms with Gasteiger partial charge in [0.2, 0.25) is 10.0 Å². The van der Waals surface area contributed by atoms with E-state index in [2.05, 4.69) is 5.16 Å². The Hall–Kier alpha value is -1.61. The van der Waals surface area contributed by atoms with E-state index in [1.165, 1.54) is 16.4 Å². The summed E-state index contributed by atoms with van der Waals surface area (Å²) in [5.41, 5.74) is 0.536. The van der Waals surface area contributed by atoms with E-state index in [-0.39, 0.29) is 46.5 Å². The predicted octanol–water partition coefficient (Wildman–Crippen LogP) is 3.43. The molecule has 1 aromatic carbocycles. The van der Waals surface area contributed by atoms with E-state index in [9.17, 15) is 13.2 Å². The molecule has 0 N–H and O–H groups in total. The van der Waals surface area contributed by atoms with E-state index < -0.39 is 10.0 Å². The Labute approximate surface area is 167 Å². The highest BCUT2D eigenvalue weighted by Crippen LogP contribution is 2.33. The summed E-state index contributed by atoms with van der Waals surface area (Å²) < 4.78 is 37.1. The van der Waals surface area contributed by atoms with Gasteiger partial charge in [-0.25, -0.2) is 8.42 Å². The topological polar surface area (TPSA) is 89.7 Å². The standard InChI is InChI=1S/C17H18Cl2N2O5S/c1-11-9-13(20-26-11)10-25-17(22)12-5-7-21(8-6-12)27(23,24)16-14(18)3-2-4-15(16)19/h2-4,9,12H,5-8,10H2,1H3. The molecule has 0 unspecified atom stereocenters. The molecule has 146 valence electrons. The molecule has 1 saturated heterocycles. The van der Waals surface area contributed by atoms with E-state index in [0.29, 0.717) is 24.3 Å². The van der Waals surface area contributed by atoms with Gasteiger partial charge in [0.05, 0.1) is 16.0 Å². The number of esters is 1. The lowest BCUT2D eigenvalue weighted by Gasteiger charge is -2.30. The Kier molecular flexibility index (Phi) is 6.10. The second-order valence-electron chi connectivity index (χ2n) is 6.27. The highest BCUT2D eigenvalue weighted by molar-refractivity contribution is 7.89. The van der Waals surface area contributed by atoms with Crippen molar-refractivity contribution in [2.75, 3.05) is 13.1 Å². The van der Waals surface area contributed by atoms with E-state index in [1.54, 1.807) is 19.1 Å². The van der Waals surface area contributed by atoms with Crippen LogP contribution in [-0.2, 0) is 26.2 Å². The van der Waals surface area contributed by atoms with Crippen molar-refractivity contribution in [1.29, 1.82) is 0 Å². The van der Waals surface area contributed by atoms with Crippen molar-refractivity contribution in [3.05, 3.63) is 45.8 Å². The van der Waals surface area contributed by atoms with Gasteiger partial charge in [0.15, 0.2) is 0 Å². The fourth-order valence-electron chi connectivity index (χ4n) is 2.94. The summed E-state index contributed by atoms with van der Waals surface area (Å²) in [7, 11) is -3.83. The fraction of sp³-hybridized carbons (Fsp3) is 0.412. The number of nitrogens with zero attached hydrogens (tertiary/aromatic N) is 2. The molecule has 7 nitrogen and oxygen atoms in total. The van der Waals surface area contributed by atoms with Crippen molar-refractivity contribution >= 4 is 39.2 Å². The maximum Gasteiger partial charge on any atom is 0.309 e. The predicted molar refractivity (Wildman–Crippen MR) is 99.0 cm³/mol. The maximum absolute atomic E-state index is 12.8. The second-order valence-corrected chi connectivity index (χ2v) is 8.95. The lowest BCUT2D eigenvalue weighted by Crippen LogP contribution is -2.40. The molecule has 0 spiro atoms. The van der Waals surface area contributed by atoms with Gasteiger partial charge in [-0.15, -0.1) is 0 Å². The van der Waals surface area contributed by atoms with Crippen molar-refractivity contribution in [2.24, 2.45) is 5.92 Å². The van der Waals surface area contributed by atoms with E-state index >= 15 is 0 Å². The number of aryl methyl sites for hydroxylation is 1. The molecular formula is C17H18Cl2N2O5S. The minimum absolute atomic E-state index is 0.0317. The van der Waals surface area contributed by atoms with Crippen LogP contribution in [0.4, 0.5) is 0 Å². The molecule has 0 amide bonds. The van der Waals surface area contributed by atoms with Crippen LogP contribution in [0.1, 0.15) is 24.3 Å². The summed E-state index contributed by atoms with van der Waals surface area (Å²) in [6, 6.07) is 6.24. The van der Waals surface area contributed by atoms with Crippen LogP contribution in [0.15, 0.2) is 33.7 Å². The summed E-state index contributed by atoms with van der Waals surface area (Å²) >= 11 is 12.1. The Morgan fingerprint density at radius 1 is 1.30 bits per heavy atom. The lowest BCUT2D eigenvalue weighted by molar-refractivity contribution is -0.151. The number of ether oxygens (including phenoxy) is 1. The second kappa shape index (κ2) is 8.18. The minimum atomic E-state index is -3.83. The molecule has 27 heavy (non-hydrogen) atoms. The zero-order chi connectivity index (χ0) is 19.6. The summed E-state index contributed by atoms with van der Waals surface area (Å²) in [5, 5.41) is 3.91. The van der Waals surface area contributed by atoms with Gasteiger partial charge in [-0.3, -0.25) is 4.79 Å². The lowest BCUT2D eigenvalue weighted by atomic mass is 9.98. The summed E-state index contributed by atoms with van der Waals surface area (Å²) in [4.78, 5) is 12.1. The number of halogens is 2. The molecule has 3 rings (SSSR count). The van der Waals surface area contributed by atoms with Gasteiger partial charge in [0.25, 0.3) is 0 Å². The van der Waals surface area contributed by atoms with Crippen molar-refractivity contribution < 1.29 is 22.5 Å². The van der Waals surface area contributed by atoms with E-state index in [0.717, 1.165) is 0 Å². The molecule has 0 aliphatic carbocycles. The molecule has 0 radical (unpaired) electrons. The van der Waals surface area contributed by atoms with Crippen molar-refractivity contribution in [3.63, 3.8) is 0 Å². The molecule has 0 saturated carbocycles. The highest BCUT2D eigenvalue weighted by atomic mass is 35.5. The number of carbonyl (C=O) groups excluding carboxylic acids is 1. The van der Waals surface area contributed by atoms with Gasteiger partial charge >= 0.3 is 5.97 Å². The Morgan fingerprint density at radius 2 is 1.93 bits per heavy atom. The largest absolute Gasteiger partial charge is 0.459 e. The zero-order valence-corrected chi connectivity index (χ0v) is 16.9. The van der Waals surface area contributed by atoms with Crippen LogP contribution in [0.2, 0.25) is 10.0 Å². The first-order valence-corrected chi connectivity index (χ1v) is 10.5. The number of aromatic nitrogens is 1. The van der Waals surface area contributed by atoms with Crippen LogP contribution in [0, 0.1) is 12.8 Å². The van der Waals surface area contributed by atoms with Crippen molar-refractivity contribution in [1.82, 2.24) is 9.46 Å². The number of hydrogen-bond donors (Lipinski definition) is 0. The van der Waals surface area contributed by atoms with E-state index in [1.807, 2.05) is 0 Å². The van der Waals surface area contributed by atoms with Gasteiger partial charge in [-0.05, 0) is 31.9 Å². The third-order valence-corrected chi connectivity index (χ3v) is 7.20. The summed E-state index contributed by atoms with van der Waals surface area (Å²) in [6.07, 6.45) is 0.718. The number of rotatable bonds is 5. The van der Waals surface area contributed by atoms with Gasteiger partial charge in [0.1, 0.15) is 23.0 Å². The smallest absolute Gasteiger partial charge is 0.309 e. The highest BCUT2D eigenvalue weighted by Gasteiger charge is 2.35. The van der Waals surface area contributed by atoms with E-state index in [4.69, 9.17) is 32.5 Å². The van der Waals surface area contributed by atoms with Gasteiger partial charge in [-0.2, -0.15) is 4.31 Å². The van der Waals surface area contributed by atoms with Gasteiger partial charge in [-0.1, -0.05) is 34.4 Å². The normalized spacial score (nSPS) is 16.4. The molecule has 1 aliphatic heterocycles. The maximum atomic E-state index is 12.8. The third kappa shape index (κ3) is 4.45. The number of piperidine rings is 1. The fourth-order valence-corrected chi connectivity index (χ4v) is 5.50. The first-order valence-electron chi connectivity index (χ1n) is 8.32. The Balaban J connectivity index is 1.60. The van der Waals surface area contributed by atoms with Crippen molar-refractivity contribution in [2.45, 2.75) is 31.3 Å². The van der Waals surface area contributed by atoms with Crippen molar-refractivity contribution in [3.8, 4) is 0 Å². The number of carbonyl (C=O) groups is 1. The van der Waals surface area contributed by atoms with Crippen LogP contribution < -0.4 is 0 Å². The zero-order valence-electron chi connectivity index (χ0n) is 14.5. The average Bonchev–Trinajstić information content (AvgIpc) is 3.05. The molecule has 10 heteroatoms. The van der Waals surface area contributed by atoms with Crippen LogP contribution in [0.25, 0.3) is 0 Å². The molecule has 0 bridgehead atoms. The monoisotopic (exact) mass is 432 g/mol. The molecule has 1 aliphatic rings. The first-order chi connectivity index (χ1) is 12.8. The van der Waals surface area contributed by atoms with Gasteiger partial charge < -0.3 is 9.26 Å². The molecule has 2 aromatic rings. The Bertz CT molecular complexity index is 916. The molecule has 1 fully saturated rings. The van der Waals surface area contributed by atoms with Crippen LogP contribution in [0.5, 0.6) is 0 Å². The molecular weight excluding hydrogens is 415 g/mol. The SMILES string of the molecule is Cc1cc(COC(=O)C2CCN(S(=O)(=O)c3c(Cl)cccc3Cl)CC2)no1. The number of benzene rings is 1. The molecule has 2 heterocycles. The first kappa shape index (κ1) is 20.1. The summed E-state index contributed by atoms with van der Waals surface area (Å²) in [6.45, 7) is 2.16. The average molecular weight is 433 g/mol. The molecule has 1 aromatic heterocycles. The molecule has 0 atom stereocenters. The van der Waals surface area contributed by atoms with Gasteiger partial charge in [0, 0.05) is 19.2 Å². The van der Waals surface area contributed by atoms with Crippen LogP contribution >= 0.6 is 23.2 Å². The number of hydrogen-bond acceptors (Lipinski definition) is 6. The van der Waals surface area contributed by atoms with Crippen LogP contribution in [-0.4, -0.2) is 36.9 Å². The number of sulfonamides is 1. The quantitative estimate of drug-likeness (QED) is 0.672. The third-order valence-electron chi connectivity index (χ3n) is 4.34. The minimum Gasteiger partial charge on any atom is -0.459 e. The Morgan fingerprint density at radius 3 is 2.48 bits per heavy atom.